The van der Waals surface area contributed by atoms with Crippen molar-refractivity contribution >= 4 is 0 Å². The number of aryl methyl sites for hydroxylation is 1. The van der Waals surface area contributed by atoms with Crippen LogP contribution in [0.2, 0.25) is 0 Å². The van der Waals surface area contributed by atoms with Gasteiger partial charge in [0.15, 0.2) is 0 Å². The number of hydrogen-bond acceptors (Lipinski definition) is 4. The van der Waals surface area contributed by atoms with Gasteiger partial charge in [-0.3, -0.25) is 4.90 Å². The molecule has 3 rings (SSSR count). The summed E-state index contributed by atoms with van der Waals surface area (Å²) in [6, 6.07) is 6.30. The molecule has 0 bridgehead atoms. The molecule has 0 spiro atoms. The first kappa shape index (κ1) is 18.8. The van der Waals surface area contributed by atoms with Crippen LogP contribution in [0.3, 0.4) is 0 Å². The normalized spacial score (nSPS) is 22.2. The van der Waals surface area contributed by atoms with Crippen molar-refractivity contribution in [2.75, 3.05) is 52.5 Å². The summed E-state index contributed by atoms with van der Waals surface area (Å²) in [6.45, 7) is 12.5. The molecule has 1 N–H and O–H groups in total. The molecule has 25 heavy (non-hydrogen) atoms. The number of hydrogen-bond donors (Lipinski definition) is 1. The van der Waals surface area contributed by atoms with E-state index >= 15 is 0 Å². The third kappa shape index (κ3) is 5.48. The summed E-state index contributed by atoms with van der Waals surface area (Å²) in [6.07, 6.45) is 2.34. The van der Waals surface area contributed by atoms with Crippen LogP contribution in [0.15, 0.2) is 18.2 Å². The van der Waals surface area contributed by atoms with E-state index in [2.05, 4.69) is 22.0 Å². The molecule has 0 unspecified atom stereocenters. The largest absolute Gasteiger partial charge is 0.379 e. The van der Waals surface area contributed by atoms with Crippen molar-refractivity contribution < 1.29 is 9.13 Å². The van der Waals surface area contributed by atoms with Crippen LogP contribution in [0, 0.1) is 12.7 Å². The minimum atomic E-state index is -0.107. The summed E-state index contributed by atoms with van der Waals surface area (Å²) in [5.41, 5.74) is 1.75. The van der Waals surface area contributed by atoms with Gasteiger partial charge in [-0.05, 0) is 57.0 Å². The van der Waals surface area contributed by atoms with E-state index in [1.54, 1.807) is 6.07 Å². The van der Waals surface area contributed by atoms with Crippen molar-refractivity contribution in [3.05, 3.63) is 35.1 Å². The van der Waals surface area contributed by atoms with Crippen LogP contribution in [-0.2, 0) is 4.74 Å². The second-order valence-electron chi connectivity index (χ2n) is 7.47. The van der Waals surface area contributed by atoms with E-state index < -0.39 is 0 Å². The number of ether oxygens (including phenoxy) is 1. The van der Waals surface area contributed by atoms with Crippen LogP contribution >= 0.6 is 0 Å². The van der Waals surface area contributed by atoms with E-state index in [9.17, 15) is 4.39 Å². The maximum atomic E-state index is 13.8. The first-order chi connectivity index (χ1) is 12.1. The van der Waals surface area contributed by atoms with Crippen molar-refractivity contribution in [3.8, 4) is 0 Å². The quantitative estimate of drug-likeness (QED) is 0.854. The fraction of sp³-hybridized carbons (Fsp3) is 0.700. The molecule has 0 aromatic heterocycles. The van der Waals surface area contributed by atoms with E-state index in [1.807, 2.05) is 19.1 Å². The molecule has 0 saturated carbocycles. The number of likely N-dealkylation sites (tertiary alicyclic amines) is 1. The number of halogens is 1. The first-order valence-electron chi connectivity index (χ1n) is 9.66. The number of benzene rings is 1. The van der Waals surface area contributed by atoms with Crippen LogP contribution in [-0.4, -0.2) is 68.3 Å². The van der Waals surface area contributed by atoms with Gasteiger partial charge >= 0.3 is 0 Å². The Morgan fingerprint density at radius 1 is 1.12 bits per heavy atom. The molecule has 1 aromatic carbocycles. The Morgan fingerprint density at radius 2 is 1.76 bits per heavy atom. The summed E-state index contributed by atoms with van der Waals surface area (Å²) in [5.74, 6) is -0.107. The molecule has 2 aliphatic rings. The smallest absolute Gasteiger partial charge is 0.126 e. The molecule has 0 aliphatic carbocycles. The summed E-state index contributed by atoms with van der Waals surface area (Å²) in [5, 5.41) is 3.69. The average Bonchev–Trinajstić information content (AvgIpc) is 2.64. The van der Waals surface area contributed by atoms with Gasteiger partial charge in [0.25, 0.3) is 0 Å². The highest BCUT2D eigenvalue weighted by molar-refractivity contribution is 5.25. The molecular weight excluding hydrogens is 317 g/mol. The topological polar surface area (TPSA) is 27.7 Å². The van der Waals surface area contributed by atoms with Gasteiger partial charge in [-0.15, -0.1) is 0 Å². The van der Waals surface area contributed by atoms with Crippen molar-refractivity contribution in [3.63, 3.8) is 0 Å². The number of nitrogens with zero attached hydrogens (tertiary/aromatic N) is 2. The molecule has 4 nitrogen and oxygen atoms in total. The molecule has 2 heterocycles. The van der Waals surface area contributed by atoms with Crippen LogP contribution in [0.5, 0.6) is 0 Å². The lowest BCUT2D eigenvalue weighted by molar-refractivity contribution is 0.0318. The number of rotatable bonds is 6. The van der Waals surface area contributed by atoms with Gasteiger partial charge in [0.1, 0.15) is 5.82 Å². The standard InChI is InChI=1S/C20H32FN3O/c1-16-3-4-18(15-20(16)21)17(2)22-19-5-7-23(8-6-19)9-10-24-11-13-25-14-12-24/h3-4,15,17,19,22H,5-14H2,1-2H3/t17-/m0/s1. The maximum absolute atomic E-state index is 13.8. The third-order valence-corrected chi connectivity index (χ3v) is 5.61. The zero-order valence-electron chi connectivity index (χ0n) is 15.6. The fourth-order valence-corrected chi connectivity index (χ4v) is 3.76. The Kier molecular flexibility index (Phi) is 6.82. The predicted octanol–water partition coefficient (Wildman–Crippen LogP) is 2.58. The number of piperidine rings is 1. The maximum Gasteiger partial charge on any atom is 0.126 e. The molecule has 5 heteroatoms. The second-order valence-corrected chi connectivity index (χ2v) is 7.47. The van der Waals surface area contributed by atoms with Gasteiger partial charge in [0.05, 0.1) is 13.2 Å². The monoisotopic (exact) mass is 349 g/mol. The highest BCUT2D eigenvalue weighted by atomic mass is 19.1. The molecular formula is C20H32FN3O. The van der Waals surface area contributed by atoms with Crippen molar-refractivity contribution in [1.29, 1.82) is 0 Å². The van der Waals surface area contributed by atoms with Gasteiger partial charge < -0.3 is 15.0 Å². The molecule has 140 valence electrons. The Balaban J connectivity index is 1.39. The third-order valence-electron chi connectivity index (χ3n) is 5.61. The molecule has 2 aliphatic heterocycles. The lowest BCUT2D eigenvalue weighted by atomic mass is 10.0. The van der Waals surface area contributed by atoms with Gasteiger partial charge in [0, 0.05) is 38.3 Å². The SMILES string of the molecule is Cc1ccc([C@H](C)NC2CCN(CCN3CCOCC3)CC2)cc1F. The Hall–Kier alpha value is -1.01. The molecule has 1 atom stereocenters. The summed E-state index contributed by atoms with van der Waals surface area (Å²) in [7, 11) is 0. The van der Waals surface area contributed by atoms with Crippen molar-refractivity contribution in [2.24, 2.45) is 0 Å². The Morgan fingerprint density at radius 3 is 2.40 bits per heavy atom. The van der Waals surface area contributed by atoms with Crippen molar-refractivity contribution in [2.45, 2.75) is 38.8 Å². The van der Waals surface area contributed by atoms with Crippen LogP contribution in [0.4, 0.5) is 4.39 Å². The zero-order valence-corrected chi connectivity index (χ0v) is 15.6. The molecule has 2 fully saturated rings. The van der Waals surface area contributed by atoms with Crippen LogP contribution in [0.25, 0.3) is 0 Å². The fourth-order valence-electron chi connectivity index (χ4n) is 3.76. The summed E-state index contributed by atoms with van der Waals surface area (Å²) < 4.78 is 19.2. The zero-order chi connectivity index (χ0) is 17.6. The van der Waals surface area contributed by atoms with E-state index in [4.69, 9.17) is 4.74 Å². The summed E-state index contributed by atoms with van der Waals surface area (Å²) >= 11 is 0. The Labute approximate surface area is 151 Å². The number of nitrogens with one attached hydrogen (secondary N) is 1. The van der Waals surface area contributed by atoms with Gasteiger partial charge in [-0.2, -0.15) is 0 Å². The predicted molar refractivity (Wildman–Crippen MR) is 99.4 cm³/mol. The first-order valence-corrected chi connectivity index (χ1v) is 9.66. The minimum Gasteiger partial charge on any atom is -0.379 e. The lowest BCUT2D eigenvalue weighted by Gasteiger charge is -2.35. The van der Waals surface area contributed by atoms with E-state index in [-0.39, 0.29) is 11.9 Å². The molecule has 0 radical (unpaired) electrons. The summed E-state index contributed by atoms with van der Waals surface area (Å²) in [4.78, 5) is 5.08. The number of morpholine rings is 1. The second kappa shape index (κ2) is 9.08. The highest BCUT2D eigenvalue weighted by Gasteiger charge is 2.21. The van der Waals surface area contributed by atoms with E-state index in [0.29, 0.717) is 11.6 Å². The molecule has 0 amide bonds. The average molecular weight is 349 g/mol. The van der Waals surface area contributed by atoms with E-state index in [0.717, 1.165) is 58.0 Å². The lowest BCUT2D eigenvalue weighted by Crippen LogP contribution is -2.46. The van der Waals surface area contributed by atoms with Crippen molar-refractivity contribution in [1.82, 2.24) is 15.1 Å². The van der Waals surface area contributed by atoms with Gasteiger partial charge in [-0.25, -0.2) is 4.39 Å². The highest BCUT2D eigenvalue weighted by Crippen LogP contribution is 2.19. The van der Waals surface area contributed by atoms with Gasteiger partial charge in [-0.1, -0.05) is 12.1 Å². The molecule has 2 saturated heterocycles. The minimum absolute atomic E-state index is 0.107. The molecule has 1 aromatic rings. The van der Waals surface area contributed by atoms with Crippen LogP contribution in [0.1, 0.15) is 36.9 Å². The van der Waals surface area contributed by atoms with E-state index in [1.165, 1.54) is 12.8 Å². The van der Waals surface area contributed by atoms with Crippen LogP contribution < -0.4 is 5.32 Å². The van der Waals surface area contributed by atoms with Gasteiger partial charge in [0.2, 0.25) is 0 Å². The Bertz CT molecular complexity index is 540.